The Kier molecular flexibility index (Phi) is 1.42. The van der Waals surface area contributed by atoms with Gasteiger partial charge in [-0.05, 0) is 41.5 Å². The minimum atomic E-state index is 1.12. The van der Waals surface area contributed by atoms with Crippen LogP contribution in [0.3, 0.4) is 0 Å². The maximum atomic E-state index is 2.36. The molecule has 0 unspecified atom stereocenters. The van der Waals surface area contributed by atoms with Gasteiger partial charge in [0.1, 0.15) is 0 Å². The number of hydrogen-bond acceptors (Lipinski definition) is 0. The van der Waals surface area contributed by atoms with E-state index in [-0.39, 0.29) is 0 Å². The lowest BCUT2D eigenvalue weighted by Crippen LogP contribution is -1.96. The lowest BCUT2D eigenvalue weighted by atomic mass is 9.93. The molecule has 0 fully saturated rings. The molecule has 0 aliphatic heterocycles. The summed E-state index contributed by atoms with van der Waals surface area (Å²) < 4.78 is 0. The average molecular weight is 168 g/mol. The molecule has 3 rings (SSSR count). The van der Waals surface area contributed by atoms with Crippen LogP contribution in [-0.2, 0) is 12.8 Å². The van der Waals surface area contributed by atoms with E-state index in [9.17, 15) is 0 Å². The fraction of sp³-hybridized carbons (Fsp3) is 0.231. The van der Waals surface area contributed by atoms with Gasteiger partial charge in [-0.15, -0.1) is 0 Å². The van der Waals surface area contributed by atoms with Crippen LogP contribution in [0.1, 0.15) is 28.7 Å². The molecule has 64 valence electrons. The lowest BCUT2D eigenvalue weighted by Gasteiger charge is -2.12. The Morgan fingerprint density at radius 1 is 0.846 bits per heavy atom. The third kappa shape index (κ3) is 1.06. The molecular formula is C13H12. The summed E-state index contributed by atoms with van der Waals surface area (Å²) in [6, 6.07) is 4.71. The summed E-state index contributed by atoms with van der Waals surface area (Å²) in [6.45, 7) is 0. The zero-order valence-electron chi connectivity index (χ0n) is 7.59. The average Bonchev–Trinajstić information content (AvgIpc) is 2.61. The molecule has 0 amide bonds. The molecule has 0 spiro atoms. The zero-order valence-corrected chi connectivity index (χ0v) is 7.59. The monoisotopic (exact) mass is 168 g/mol. The minimum absolute atomic E-state index is 1.12. The number of benzene rings is 1. The second kappa shape index (κ2) is 2.59. The van der Waals surface area contributed by atoms with E-state index in [1.54, 1.807) is 0 Å². The Bertz CT molecular complexity index is 408. The highest BCUT2D eigenvalue weighted by Gasteiger charge is 2.10. The van der Waals surface area contributed by atoms with E-state index in [1.807, 2.05) is 0 Å². The van der Waals surface area contributed by atoms with Gasteiger partial charge in [0, 0.05) is 0 Å². The molecule has 1 aromatic carbocycles. The number of aryl methyl sites for hydroxylation is 1. The Balaban J connectivity index is 2.21. The molecule has 0 bridgehead atoms. The van der Waals surface area contributed by atoms with Gasteiger partial charge in [0.2, 0.25) is 0 Å². The predicted octanol–water partition coefficient (Wildman–Crippen LogP) is 3.22. The summed E-state index contributed by atoms with van der Waals surface area (Å²) in [5.41, 5.74) is 5.89. The van der Waals surface area contributed by atoms with Crippen molar-refractivity contribution in [3.8, 4) is 0 Å². The molecule has 0 radical (unpaired) electrons. The van der Waals surface area contributed by atoms with Crippen molar-refractivity contribution in [2.24, 2.45) is 0 Å². The first-order valence-corrected chi connectivity index (χ1v) is 4.92. The number of hydrogen-bond donors (Lipinski definition) is 0. The maximum Gasteiger partial charge on any atom is -0.00880 e. The highest BCUT2D eigenvalue weighted by atomic mass is 14.2. The van der Waals surface area contributed by atoms with Crippen LogP contribution in [0.4, 0.5) is 0 Å². The highest BCUT2D eigenvalue weighted by Crippen LogP contribution is 2.27. The molecule has 0 heterocycles. The molecule has 13 heavy (non-hydrogen) atoms. The van der Waals surface area contributed by atoms with Crippen LogP contribution in [-0.4, -0.2) is 0 Å². The Labute approximate surface area is 78.6 Å². The third-order valence-electron chi connectivity index (χ3n) is 2.91. The molecule has 0 saturated carbocycles. The quantitative estimate of drug-likeness (QED) is 0.558. The predicted molar refractivity (Wildman–Crippen MR) is 56.5 cm³/mol. The van der Waals surface area contributed by atoms with Gasteiger partial charge >= 0.3 is 0 Å². The van der Waals surface area contributed by atoms with Gasteiger partial charge in [0.15, 0.2) is 0 Å². The van der Waals surface area contributed by atoms with Gasteiger partial charge in [-0.2, -0.15) is 0 Å². The summed E-state index contributed by atoms with van der Waals surface area (Å²) in [4.78, 5) is 0. The Morgan fingerprint density at radius 3 is 2.62 bits per heavy atom. The number of allylic oxidation sites excluding steroid dienone is 2. The van der Waals surface area contributed by atoms with Crippen LogP contribution >= 0.6 is 0 Å². The van der Waals surface area contributed by atoms with Crippen LogP contribution in [0.5, 0.6) is 0 Å². The summed E-state index contributed by atoms with van der Waals surface area (Å²) in [7, 11) is 0. The van der Waals surface area contributed by atoms with Crippen molar-refractivity contribution in [3.05, 3.63) is 46.5 Å². The summed E-state index contributed by atoms with van der Waals surface area (Å²) in [5.74, 6) is 0. The van der Waals surface area contributed by atoms with Crippen molar-refractivity contribution in [1.82, 2.24) is 0 Å². The van der Waals surface area contributed by atoms with Crippen LogP contribution in [0, 0.1) is 0 Å². The van der Waals surface area contributed by atoms with Gasteiger partial charge in [0.25, 0.3) is 0 Å². The van der Waals surface area contributed by atoms with E-state index >= 15 is 0 Å². The zero-order chi connectivity index (χ0) is 8.67. The van der Waals surface area contributed by atoms with E-state index in [2.05, 4.69) is 36.4 Å². The van der Waals surface area contributed by atoms with E-state index in [4.69, 9.17) is 0 Å². The first-order valence-electron chi connectivity index (χ1n) is 4.92. The van der Waals surface area contributed by atoms with Gasteiger partial charge in [-0.1, -0.05) is 36.4 Å². The second-order valence-corrected chi connectivity index (χ2v) is 3.80. The first-order chi connectivity index (χ1) is 6.43. The Hall–Kier alpha value is -1.30. The van der Waals surface area contributed by atoms with Crippen LogP contribution in [0.2, 0.25) is 0 Å². The third-order valence-corrected chi connectivity index (χ3v) is 2.91. The summed E-state index contributed by atoms with van der Waals surface area (Å²) in [6.07, 6.45) is 12.6. The van der Waals surface area contributed by atoms with Crippen molar-refractivity contribution in [1.29, 1.82) is 0 Å². The van der Waals surface area contributed by atoms with Crippen LogP contribution in [0.15, 0.2) is 24.3 Å². The van der Waals surface area contributed by atoms with Gasteiger partial charge in [-0.3, -0.25) is 0 Å². The summed E-state index contributed by atoms with van der Waals surface area (Å²) >= 11 is 0. The summed E-state index contributed by atoms with van der Waals surface area (Å²) in [5, 5.41) is 0. The molecule has 0 nitrogen and oxygen atoms in total. The van der Waals surface area contributed by atoms with Crippen molar-refractivity contribution in [2.75, 3.05) is 0 Å². The minimum Gasteiger partial charge on any atom is -0.0836 e. The molecule has 0 heteroatoms. The van der Waals surface area contributed by atoms with Gasteiger partial charge in [-0.25, -0.2) is 0 Å². The first kappa shape index (κ1) is 7.14. The number of rotatable bonds is 0. The molecule has 0 N–H and O–H groups in total. The standard InChI is InChI=1S/C13H12/c1-2-5-11-9-13-7-3-6-12(13)8-10(11)4-1/h1,3-4,7-9H,2,5-6H2. The maximum absolute atomic E-state index is 2.36. The molecular weight excluding hydrogens is 156 g/mol. The largest absolute Gasteiger partial charge is 0.0836 e. The van der Waals surface area contributed by atoms with E-state index < -0.39 is 0 Å². The van der Waals surface area contributed by atoms with Gasteiger partial charge in [0.05, 0.1) is 0 Å². The van der Waals surface area contributed by atoms with Crippen LogP contribution in [0.25, 0.3) is 12.2 Å². The van der Waals surface area contributed by atoms with Crippen molar-refractivity contribution in [3.63, 3.8) is 0 Å². The smallest absolute Gasteiger partial charge is 0.00880 e. The van der Waals surface area contributed by atoms with Crippen LogP contribution < -0.4 is 0 Å². The van der Waals surface area contributed by atoms with E-state index in [1.165, 1.54) is 35.1 Å². The molecule has 0 aromatic heterocycles. The SMILES string of the molecule is C1=Cc2cc3c(cc2CC1)C=CC3. The normalized spacial score (nSPS) is 17.2. The Morgan fingerprint density at radius 2 is 1.62 bits per heavy atom. The molecule has 2 aliphatic rings. The molecule has 0 saturated heterocycles. The fourth-order valence-corrected chi connectivity index (χ4v) is 2.19. The fourth-order valence-electron chi connectivity index (χ4n) is 2.19. The highest BCUT2D eigenvalue weighted by molar-refractivity contribution is 5.67. The number of fused-ring (bicyclic) bond motifs is 2. The van der Waals surface area contributed by atoms with E-state index in [0.29, 0.717) is 0 Å². The van der Waals surface area contributed by atoms with Crippen molar-refractivity contribution in [2.45, 2.75) is 19.3 Å². The van der Waals surface area contributed by atoms with E-state index in [0.717, 1.165) is 6.42 Å². The lowest BCUT2D eigenvalue weighted by molar-refractivity contribution is 0.982. The molecule has 1 aromatic rings. The van der Waals surface area contributed by atoms with Crippen molar-refractivity contribution >= 4 is 12.2 Å². The van der Waals surface area contributed by atoms with Crippen molar-refractivity contribution < 1.29 is 0 Å². The topological polar surface area (TPSA) is 0 Å². The van der Waals surface area contributed by atoms with Gasteiger partial charge < -0.3 is 0 Å². The molecule has 0 atom stereocenters. The molecule has 2 aliphatic carbocycles. The second-order valence-electron chi connectivity index (χ2n) is 3.80.